The number of sulfonamides is 2. The molecule has 4 fully saturated rings. The first-order valence-electron chi connectivity index (χ1n) is 34.5. The van der Waals surface area contributed by atoms with Crippen molar-refractivity contribution in [2.24, 2.45) is 22.7 Å². The Hall–Kier alpha value is -9.93. The molecule has 4 atom stereocenters. The van der Waals surface area contributed by atoms with Gasteiger partial charge in [0.25, 0.3) is 31.9 Å². The molecule has 2 aromatic carbocycles. The van der Waals surface area contributed by atoms with E-state index < -0.39 is 77.5 Å². The monoisotopic (exact) mass is 1540 g/mol. The van der Waals surface area contributed by atoms with E-state index in [1.165, 1.54) is 100 Å². The number of carbonyl (C=O) groups excluding carboxylic acids is 2. The summed E-state index contributed by atoms with van der Waals surface area (Å²) >= 11 is 6.29. The molecule has 5 aliphatic rings. The summed E-state index contributed by atoms with van der Waals surface area (Å²) in [4.78, 5) is 69.4. The highest BCUT2D eigenvalue weighted by Crippen LogP contribution is 2.61. The molecule has 13 rings (SSSR count). The van der Waals surface area contributed by atoms with Crippen LogP contribution in [-0.2, 0) is 20.0 Å². The van der Waals surface area contributed by atoms with Crippen molar-refractivity contribution in [1.29, 1.82) is 0 Å². The molecule has 7 N–H and O–H groups in total. The van der Waals surface area contributed by atoms with Crippen LogP contribution >= 0.6 is 11.6 Å². The number of carboxylic acid groups (broad SMARTS) is 2. The van der Waals surface area contributed by atoms with E-state index >= 15 is 0 Å². The zero-order valence-electron chi connectivity index (χ0n) is 58.3. The number of nitrogens with one attached hydrogen (secondary N) is 5. The van der Waals surface area contributed by atoms with Crippen LogP contribution in [0.5, 0.6) is 11.8 Å². The van der Waals surface area contributed by atoms with E-state index in [1.807, 2.05) is 23.5 Å². The Balaban J connectivity index is 0.000000200. The van der Waals surface area contributed by atoms with Gasteiger partial charge in [0.05, 0.1) is 58.4 Å². The van der Waals surface area contributed by atoms with E-state index in [-0.39, 0.29) is 149 Å². The number of nitrogens with zero attached hydrogens (tertiary/aromatic N) is 9. The van der Waals surface area contributed by atoms with Gasteiger partial charge < -0.3 is 40.5 Å². The van der Waals surface area contributed by atoms with Gasteiger partial charge in [0.2, 0.25) is 11.8 Å². The fourth-order valence-electron chi connectivity index (χ4n) is 13.8. The molecule has 2 amide bonds. The van der Waals surface area contributed by atoms with Crippen LogP contribution in [0.3, 0.4) is 0 Å². The fraction of sp³-hybridized carbons (Fsp3) is 0.417. The van der Waals surface area contributed by atoms with E-state index in [2.05, 4.69) is 59.7 Å². The van der Waals surface area contributed by atoms with Crippen molar-refractivity contribution in [2.45, 2.75) is 150 Å². The largest absolute Gasteiger partial charge is 0.478 e. The zero-order chi connectivity index (χ0) is 76.7. The lowest BCUT2D eigenvalue weighted by atomic mass is 9.90. The Morgan fingerprint density at radius 3 is 1.88 bits per heavy atom. The predicted molar refractivity (Wildman–Crippen MR) is 379 cm³/mol. The molecule has 35 heteroatoms. The maximum atomic E-state index is 13.8. The van der Waals surface area contributed by atoms with Crippen LogP contribution < -0.4 is 39.8 Å². The van der Waals surface area contributed by atoms with Gasteiger partial charge in [-0.15, -0.1) is 10.2 Å². The smallest absolute Gasteiger partial charge is 0.394 e. The van der Waals surface area contributed by atoms with Crippen LogP contribution in [0.1, 0.15) is 169 Å². The molecule has 26 nitrogen and oxygen atoms in total. The van der Waals surface area contributed by atoms with Crippen molar-refractivity contribution < 1.29 is 82.0 Å². The highest BCUT2D eigenvalue weighted by Gasteiger charge is 2.63. The van der Waals surface area contributed by atoms with Crippen molar-refractivity contribution in [3.05, 3.63) is 172 Å². The number of pyridine rings is 4. The molecule has 3 aliphatic heterocycles. The second kappa shape index (κ2) is 30.0. The number of halogens is 7. The topological polar surface area (TPSA) is 346 Å². The average molecular weight is 1540 g/mol. The second-order valence-electron chi connectivity index (χ2n) is 28.8. The third-order valence-corrected chi connectivity index (χ3v) is 22.9. The van der Waals surface area contributed by atoms with E-state index in [0.717, 1.165) is 36.9 Å². The Morgan fingerprint density at radius 1 is 0.720 bits per heavy atom. The van der Waals surface area contributed by atoms with Gasteiger partial charge in [-0.3, -0.25) is 9.59 Å². The van der Waals surface area contributed by atoms with Crippen molar-refractivity contribution in [3.63, 3.8) is 0 Å². The van der Waals surface area contributed by atoms with Crippen molar-refractivity contribution in [1.82, 2.24) is 54.3 Å². The molecule has 8 aromatic rings. The lowest BCUT2D eigenvalue weighted by Crippen LogP contribution is -2.41. The van der Waals surface area contributed by atoms with Crippen LogP contribution in [0.2, 0.25) is 5.15 Å². The predicted octanol–water partition coefficient (Wildman–Crippen LogP) is 12.7. The number of fused-ring (bicyclic) bond motifs is 6. The normalized spacial score (nSPS) is 19.9. The molecule has 6 aromatic heterocycles. The molecule has 2 saturated heterocycles. The molecular formula is C72H77ClF6N14O12S2. The highest BCUT2D eigenvalue weighted by atomic mass is 35.5. The summed E-state index contributed by atoms with van der Waals surface area (Å²) in [5, 5.41) is 36.3. The lowest BCUT2D eigenvalue weighted by Gasteiger charge is -2.34. The Bertz CT molecular complexity index is 4880. The summed E-state index contributed by atoms with van der Waals surface area (Å²) in [5.74, 6) is -2.21. The summed E-state index contributed by atoms with van der Waals surface area (Å²) in [7, 11) is -8.96. The molecule has 2 aliphatic carbocycles. The van der Waals surface area contributed by atoms with E-state index in [1.54, 1.807) is 42.6 Å². The van der Waals surface area contributed by atoms with Crippen molar-refractivity contribution >= 4 is 72.9 Å². The van der Waals surface area contributed by atoms with Gasteiger partial charge in [0.1, 0.15) is 22.6 Å². The van der Waals surface area contributed by atoms with Gasteiger partial charge in [-0.25, -0.2) is 48.3 Å². The van der Waals surface area contributed by atoms with Gasteiger partial charge in [-0.05, 0) is 207 Å². The molecule has 568 valence electrons. The van der Waals surface area contributed by atoms with Gasteiger partial charge >= 0.3 is 24.3 Å². The first kappa shape index (κ1) is 76.7. The number of aromatic carboxylic acids is 2. The number of carboxylic acids is 2. The minimum absolute atomic E-state index is 0.0112. The van der Waals surface area contributed by atoms with Gasteiger partial charge in [-0.2, -0.15) is 43.2 Å². The number of ether oxygens (including phenoxy) is 2. The molecular weight excluding hydrogens is 1470 g/mol. The summed E-state index contributed by atoms with van der Waals surface area (Å²) in [6.07, 6.45) is -1.09. The Morgan fingerprint density at radius 2 is 1.31 bits per heavy atom. The lowest BCUT2D eigenvalue weighted by molar-refractivity contribution is -0.190. The number of aromatic nitrogens is 8. The molecule has 0 radical (unpaired) electrons. The third kappa shape index (κ3) is 17.9. The van der Waals surface area contributed by atoms with Crippen LogP contribution in [0.15, 0.2) is 144 Å². The first-order chi connectivity index (χ1) is 50.5. The minimum Gasteiger partial charge on any atom is -0.478 e. The van der Waals surface area contributed by atoms with E-state index in [0.29, 0.717) is 31.7 Å². The molecule has 0 spiro atoms. The SMILES string of the molecule is CC1(C)C[C@@H]2CCC(c3ccc(C(=O)O)cc3)Nc3cccc(n3)S(=O)(=O)NC(=O)c3ccc(-n4ccc(OCCC5(C(F)(F)F)CC5)n4)nc3N1C2.CC1(C)C[C@H](CCC(Nc2cccc(S(=O)(=O)NC(=O)c3ccc(-n4ccc(OCCC5(C(F)(F)F)CC5)n4)nc3Cl)n2)c2ccc(C(=O)O)cc2)CN1. The minimum atomic E-state index is -4.50. The Labute approximate surface area is 616 Å². The van der Waals surface area contributed by atoms with Gasteiger partial charge in [-0.1, -0.05) is 48.0 Å². The maximum absolute atomic E-state index is 13.8. The van der Waals surface area contributed by atoms with Crippen LogP contribution in [0.25, 0.3) is 11.6 Å². The van der Waals surface area contributed by atoms with E-state index in [4.69, 9.17) is 26.1 Å². The molecule has 2 unspecified atom stereocenters. The number of benzene rings is 2. The zero-order valence-corrected chi connectivity index (χ0v) is 60.7. The molecule has 107 heavy (non-hydrogen) atoms. The van der Waals surface area contributed by atoms with Crippen LogP contribution in [0.4, 0.5) is 43.8 Å². The van der Waals surface area contributed by atoms with Crippen molar-refractivity contribution in [2.75, 3.05) is 41.8 Å². The summed E-state index contributed by atoms with van der Waals surface area (Å²) in [6, 6.07) is 29.5. The second-order valence-corrected chi connectivity index (χ2v) is 32.4. The quantitative estimate of drug-likeness (QED) is 0.0245. The first-order valence-corrected chi connectivity index (χ1v) is 37.8. The number of hydrogen-bond acceptors (Lipinski definition) is 20. The summed E-state index contributed by atoms with van der Waals surface area (Å²) in [5.41, 5.74) is -2.26. The molecule has 2 saturated carbocycles. The summed E-state index contributed by atoms with van der Waals surface area (Å²) in [6.45, 7) is 9.35. The van der Waals surface area contributed by atoms with Gasteiger partial charge in [0.15, 0.2) is 21.7 Å². The van der Waals surface area contributed by atoms with Crippen LogP contribution in [0, 0.1) is 22.7 Å². The average Bonchev–Trinajstić information content (AvgIpc) is 1.65. The number of alkyl halides is 6. The molecule has 4 bridgehead atoms. The number of hydrogen-bond donors (Lipinski definition) is 7. The molecule has 9 heterocycles. The maximum Gasteiger partial charge on any atom is 0.394 e. The Kier molecular flexibility index (Phi) is 21.5. The van der Waals surface area contributed by atoms with Gasteiger partial charge in [0, 0.05) is 42.1 Å². The third-order valence-electron chi connectivity index (χ3n) is 20.2. The number of amides is 2. The number of carbonyl (C=O) groups is 4. The number of anilines is 3. The highest BCUT2D eigenvalue weighted by molar-refractivity contribution is 7.90. The number of rotatable bonds is 22. The standard InChI is InChI=1S/C36H39ClF3N7O6S.C36H38F3N7O6S/c1-34(2)20-22(21-41-34)6-12-26(23-7-9-24(10-8-23)33(49)50)42-27-4-3-5-30(43-27)54(51,52)46-32(48)25-11-13-28(44-31(25)37)47-18-14-29(45-47)53-19-17-35(15-16-35)36(38,39)40;1-34(2)20-22-6-12-26(23-7-9-24(10-8-23)33(48)49)40-27-4-3-5-30(41-27)53(50,51)44-32(47)25-11-13-28(42-31(25)45(34)21-22)46-18-14-29(43-46)52-19-17-35(15-16-35)36(37,38)39/h3-5,7-11,13-14,18,22,26,41H,6,12,15-17,19-21H2,1-2H3,(H,42,43)(H,46,48)(H,49,50);3-5,7-11,13-14,18,22,26H,6,12,15-17,19-21H2,1-2H3,(H,40,41)(H,44,47)(H,48,49)/t2*22-,26?/m00/s1. The fourth-order valence-corrected chi connectivity index (χ4v) is 15.9. The van der Waals surface area contributed by atoms with Crippen LogP contribution in [-0.4, -0.2) is 140 Å². The van der Waals surface area contributed by atoms with E-state index in [9.17, 15) is 72.6 Å². The van der Waals surface area contributed by atoms with Crippen molar-refractivity contribution in [3.8, 4) is 23.4 Å². The summed E-state index contributed by atoms with van der Waals surface area (Å²) < 4.78 is 151.